The van der Waals surface area contributed by atoms with Crippen molar-refractivity contribution in [2.24, 2.45) is 0 Å². The highest BCUT2D eigenvalue weighted by Gasteiger charge is 2.16. The molecule has 0 saturated carbocycles. The number of carbonyl (C=O) groups is 1. The van der Waals surface area contributed by atoms with Crippen molar-refractivity contribution in [1.82, 2.24) is 15.1 Å². The monoisotopic (exact) mass is 425 g/mol. The molecule has 1 aromatic heterocycles. The van der Waals surface area contributed by atoms with Crippen LogP contribution in [-0.4, -0.2) is 21.8 Å². The van der Waals surface area contributed by atoms with Crippen molar-refractivity contribution in [1.29, 1.82) is 0 Å². The van der Waals surface area contributed by atoms with Crippen molar-refractivity contribution in [2.45, 2.75) is 53.4 Å². The molecule has 0 unspecified atom stereocenters. The minimum atomic E-state index is -0.0240. The second kappa shape index (κ2) is 9.92. The number of carbonyl (C=O) groups excluding carboxylic acids is 1. The van der Waals surface area contributed by atoms with Crippen molar-refractivity contribution < 1.29 is 9.53 Å². The minimum Gasteiger partial charge on any atom is -0.374 e. The number of aromatic nitrogens is 2. The van der Waals surface area contributed by atoms with Crippen LogP contribution in [0.3, 0.4) is 0 Å². The van der Waals surface area contributed by atoms with Gasteiger partial charge in [-0.25, -0.2) is 4.68 Å². The van der Waals surface area contributed by atoms with Crippen molar-refractivity contribution in [3.63, 3.8) is 0 Å². The van der Waals surface area contributed by atoms with Crippen LogP contribution in [0.1, 0.15) is 41.9 Å². The van der Waals surface area contributed by atoms with E-state index in [4.69, 9.17) is 16.3 Å². The summed E-state index contributed by atoms with van der Waals surface area (Å²) in [5, 5.41) is 8.29. The molecule has 1 N–H and O–H groups in total. The normalized spacial score (nSPS) is 11.1. The molecule has 3 aromatic rings. The van der Waals surface area contributed by atoms with Crippen LogP contribution in [-0.2, 0) is 29.1 Å². The van der Waals surface area contributed by atoms with Crippen molar-refractivity contribution >= 4 is 17.5 Å². The molecule has 30 heavy (non-hydrogen) atoms. The standard InChI is InChI=1S/C24H28ClN3O2/c1-16(2)30-15-20-7-5-19(6-8-20)14-26-24(29)13-23-17(3)27-28(18(23)4)22-11-9-21(25)10-12-22/h5-12,16H,13-15H2,1-4H3,(H,26,29). The summed E-state index contributed by atoms with van der Waals surface area (Å²) in [4.78, 5) is 12.5. The second-order valence-corrected chi connectivity index (χ2v) is 8.10. The van der Waals surface area contributed by atoms with Crippen LogP contribution in [0.4, 0.5) is 0 Å². The summed E-state index contributed by atoms with van der Waals surface area (Å²) in [6, 6.07) is 15.6. The van der Waals surface area contributed by atoms with Gasteiger partial charge in [0.2, 0.25) is 5.91 Å². The van der Waals surface area contributed by atoms with Crippen LogP contribution in [0.5, 0.6) is 0 Å². The first-order valence-electron chi connectivity index (χ1n) is 10.1. The molecule has 0 radical (unpaired) electrons. The van der Waals surface area contributed by atoms with Gasteiger partial charge in [-0.1, -0.05) is 35.9 Å². The molecular formula is C24H28ClN3O2. The number of rotatable bonds is 8. The third-order valence-corrected chi connectivity index (χ3v) is 5.20. The maximum absolute atomic E-state index is 12.5. The third-order valence-electron chi connectivity index (χ3n) is 4.95. The number of nitrogens with zero attached hydrogens (tertiary/aromatic N) is 2. The maximum Gasteiger partial charge on any atom is 0.224 e. The van der Waals surface area contributed by atoms with Gasteiger partial charge in [-0.15, -0.1) is 0 Å². The van der Waals surface area contributed by atoms with Gasteiger partial charge in [0.05, 0.1) is 30.5 Å². The molecule has 0 atom stereocenters. The number of hydrogen-bond donors (Lipinski definition) is 1. The Hall–Kier alpha value is -2.63. The number of benzene rings is 2. The van der Waals surface area contributed by atoms with Gasteiger partial charge in [-0.3, -0.25) is 4.79 Å². The molecule has 0 fully saturated rings. The fourth-order valence-electron chi connectivity index (χ4n) is 3.20. The Labute approximate surface area is 183 Å². The quantitative estimate of drug-likeness (QED) is 0.556. The Bertz CT molecular complexity index is 993. The molecule has 158 valence electrons. The Balaban J connectivity index is 1.59. The molecule has 0 aliphatic rings. The largest absolute Gasteiger partial charge is 0.374 e. The molecule has 5 nitrogen and oxygen atoms in total. The molecule has 0 aliphatic carbocycles. The SMILES string of the molecule is Cc1nn(-c2ccc(Cl)cc2)c(C)c1CC(=O)NCc1ccc(COC(C)C)cc1. The van der Waals surface area contributed by atoms with E-state index in [1.54, 1.807) is 0 Å². The fraction of sp³-hybridized carbons (Fsp3) is 0.333. The number of hydrogen-bond acceptors (Lipinski definition) is 3. The molecule has 1 heterocycles. The molecule has 0 spiro atoms. The molecule has 3 rings (SSSR count). The van der Waals surface area contributed by atoms with E-state index in [1.165, 1.54) is 0 Å². The van der Waals surface area contributed by atoms with Crippen LogP contribution < -0.4 is 5.32 Å². The molecule has 0 aliphatic heterocycles. The molecule has 0 bridgehead atoms. The molecule has 0 saturated heterocycles. The lowest BCUT2D eigenvalue weighted by Crippen LogP contribution is -2.25. The lowest BCUT2D eigenvalue weighted by molar-refractivity contribution is -0.120. The lowest BCUT2D eigenvalue weighted by Gasteiger charge is -2.09. The van der Waals surface area contributed by atoms with Gasteiger partial charge in [0.15, 0.2) is 0 Å². The zero-order chi connectivity index (χ0) is 21.7. The minimum absolute atomic E-state index is 0.0240. The predicted molar refractivity (Wildman–Crippen MR) is 120 cm³/mol. The van der Waals surface area contributed by atoms with Crippen molar-refractivity contribution in [2.75, 3.05) is 0 Å². The molecule has 6 heteroatoms. The summed E-state index contributed by atoms with van der Waals surface area (Å²) < 4.78 is 7.46. The zero-order valence-corrected chi connectivity index (χ0v) is 18.7. The Morgan fingerprint density at radius 2 is 1.70 bits per heavy atom. The predicted octanol–water partition coefficient (Wildman–Crippen LogP) is 4.93. The van der Waals surface area contributed by atoms with E-state index in [0.717, 1.165) is 33.8 Å². The first-order chi connectivity index (χ1) is 14.3. The zero-order valence-electron chi connectivity index (χ0n) is 17.9. The number of aryl methyl sites for hydroxylation is 1. The third kappa shape index (κ3) is 5.71. The summed E-state index contributed by atoms with van der Waals surface area (Å²) in [6.45, 7) is 9.04. The van der Waals surface area contributed by atoms with Crippen LogP contribution in [0.25, 0.3) is 5.69 Å². The summed E-state index contributed by atoms with van der Waals surface area (Å²) in [5.41, 5.74) is 5.87. The average Bonchev–Trinajstić information content (AvgIpc) is 3.00. The van der Waals surface area contributed by atoms with Gasteiger partial charge >= 0.3 is 0 Å². The van der Waals surface area contributed by atoms with E-state index in [9.17, 15) is 4.79 Å². The average molecular weight is 426 g/mol. The van der Waals surface area contributed by atoms with Crippen molar-refractivity contribution in [3.8, 4) is 5.69 Å². The molecular weight excluding hydrogens is 398 g/mol. The topological polar surface area (TPSA) is 56.2 Å². The van der Waals surface area contributed by atoms with Gasteiger partial charge in [-0.05, 0) is 63.1 Å². The first kappa shape index (κ1) is 22.1. The van der Waals surface area contributed by atoms with E-state index in [1.807, 2.05) is 80.9 Å². The van der Waals surface area contributed by atoms with Gasteiger partial charge in [-0.2, -0.15) is 5.10 Å². The van der Waals surface area contributed by atoms with Gasteiger partial charge in [0, 0.05) is 22.8 Å². The highest BCUT2D eigenvalue weighted by atomic mass is 35.5. The second-order valence-electron chi connectivity index (χ2n) is 7.67. The summed E-state index contributed by atoms with van der Waals surface area (Å²) in [6.07, 6.45) is 0.505. The van der Waals surface area contributed by atoms with E-state index in [2.05, 4.69) is 10.4 Å². The number of nitrogens with one attached hydrogen (secondary N) is 1. The fourth-order valence-corrected chi connectivity index (χ4v) is 3.33. The van der Waals surface area contributed by atoms with Crippen LogP contribution >= 0.6 is 11.6 Å². The number of ether oxygens (including phenoxy) is 1. The highest BCUT2D eigenvalue weighted by molar-refractivity contribution is 6.30. The van der Waals surface area contributed by atoms with Crippen LogP contribution in [0, 0.1) is 13.8 Å². The smallest absolute Gasteiger partial charge is 0.224 e. The molecule has 1 amide bonds. The summed E-state index contributed by atoms with van der Waals surface area (Å²) in [7, 11) is 0. The number of halogens is 1. The van der Waals surface area contributed by atoms with Gasteiger partial charge in [0.1, 0.15) is 0 Å². The van der Waals surface area contributed by atoms with E-state index >= 15 is 0 Å². The summed E-state index contributed by atoms with van der Waals surface area (Å²) >= 11 is 5.98. The summed E-state index contributed by atoms with van der Waals surface area (Å²) in [5.74, 6) is -0.0240. The van der Waals surface area contributed by atoms with Gasteiger partial charge < -0.3 is 10.1 Å². The lowest BCUT2D eigenvalue weighted by atomic mass is 10.1. The Morgan fingerprint density at radius 1 is 1.07 bits per heavy atom. The highest BCUT2D eigenvalue weighted by Crippen LogP contribution is 2.20. The van der Waals surface area contributed by atoms with E-state index in [-0.39, 0.29) is 12.0 Å². The Morgan fingerprint density at radius 3 is 2.33 bits per heavy atom. The number of amides is 1. The van der Waals surface area contributed by atoms with Crippen molar-refractivity contribution in [3.05, 3.63) is 81.6 Å². The Kier molecular flexibility index (Phi) is 7.29. The van der Waals surface area contributed by atoms with E-state index < -0.39 is 0 Å². The van der Waals surface area contributed by atoms with E-state index in [0.29, 0.717) is 24.6 Å². The molecule has 2 aromatic carbocycles. The van der Waals surface area contributed by atoms with Crippen LogP contribution in [0.15, 0.2) is 48.5 Å². The van der Waals surface area contributed by atoms with Crippen LogP contribution in [0.2, 0.25) is 5.02 Å². The first-order valence-corrected chi connectivity index (χ1v) is 10.5. The maximum atomic E-state index is 12.5. The van der Waals surface area contributed by atoms with Gasteiger partial charge in [0.25, 0.3) is 0 Å².